The first kappa shape index (κ1) is 20.9. The van der Waals surface area contributed by atoms with Crippen LogP contribution in [0.25, 0.3) is 0 Å². The lowest BCUT2D eigenvalue weighted by Crippen LogP contribution is -2.44. The van der Waals surface area contributed by atoms with E-state index in [1.165, 1.54) is 12.1 Å². The van der Waals surface area contributed by atoms with E-state index in [0.29, 0.717) is 18.7 Å². The largest absolute Gasteiger partial charge is 0.466 e. The lowest BCUT2D eigenvalue weighted by molar-refractivity contribution is -0.120. The molecule has 1 heterocycles. The van der Waals surface area contributed by atoms with Crippen molar-refractivity contribution in [1.82, 2.24) is 16.0 Å². The van der Waals surface area contributed by atoms with Gasteiger partial charge in [-0.25, -0.2) is 9.18 Å². The second-order valence-electron chi connectivity index (χ2n) is 8.39. The number of furan rings is 1. The summed E-state index contributed by atoms with van der Waals surface area (Å²) in [6.07, 6.45) is 1.79. The van der Waals surface area contributed by atoms with Crippen molar-refractivity contribution in [3.8, 4) is 0 Å². The van der Waals surface area contributed by atoms with E-state index < -0.39 is 0 Å². The van der Waals surface area contributed by atoms with Gasteiger partial charge in [0.25, 0.3) is 0 Å². The molecule has 0 aliphatic heterocycles. The third-order valence-corrected chi connectivity index (χ3v) is 5.03. The Morgan fingerprint density at radius 1 is 1.21 bits per heavy atom. The van der Waals surface area contributed by atoms with E-state index in [4.69, 9.17) is 4.42 Å². The van der Waals surface area contributed by atoms with Crippen LogP contribution in [-0.2, 0) is 17.6 Å². The number of aryl methyl sites for hydroxylation is 1. The first-order valence-corrected chi connectivity index (χ1v) is 9.86. The molecule has 0 radical (unpaired) electrons. The van der Waals surface area contributed by atoms with Crippen LogP contribution < -0.4 is 16.0 Å². The Morgan fingerprint density at radius 3 is 2.72 bits per heavy atom. The third-order valence-electron chi connectivity index (χ3n) is 5.03. The highest BCUT2D eigenvalue weighted by atomic mass is 19.1. The highest BCUT2D eigenvalue weighted by molar-refractivity contribution is 5.78. The van der Waals surface area contributed by atoms with Gasteiger partial charge in [-0.15, -0.1) is 0 Å². The summed E-state index contributed by atoms with van der Waals surface area (Å²) in [4.78, 5) is 24.2. The zero-order valence-corrected chi connectivity index (χ0v) is 17.1. The molecule has 1 aliphatic carbocycles. The summed E-state index contributed by atoms with van der Waals surface area (Å²) in [6.45, 7) is 6.83. The van der Waals surface area contributed by atoms with Crippen LogP contribution in [0.2, 0.25) is 0 Å². The third kappa shape index (κ3) is 5.82. The average molecular weight is 401 g/mol. The predicted octanol–water partition coefficient (Wildman–Crippen LogP) is 3.40. The van der Waals surface area contributed by atoms with E-state index >= 15 is 0 Å². The number of halogens is 1. The van der Waals surface area contributed by atoms with Gasteiger partial charge in [0.05, 0.1) is 12.5 Å². The lowest BCUT2D eigenvalue weighted by atomic mass is 9.75. The summed E-state index contributed by atoms with van der Waals surface area (Å²) in [5.41, 5.74) is 1.69. The number of carbonyl (C=O) groups excluding carboxylic acids is 2. The number of nitrogens with one attached hydrogen (secondary N) is 3. The molecule has 1 aromatic heterocycles. The minimum absolute atomic E-state index is 0.0418. The molecule has 1 unspecified atom stereocenters. The highest BCUT2D eigenvalue weighted by Gasteiger charge is 2.35. The van der Waals surface area contributed by atoms with Gasteiger partial charge in [0, 0.05) is 25.1 Å². The smallest absolute Gasteiger partial charge is 0.315 e. The molecule has 3 amide bonds. The molecule has 0 fully saturated rings. The van der Waals surface area contributed by atoms with Crippen LogP contribution in [0.5, 0.6) is 0 Å². The predicted molar refractivity (Wildman–Crippen MR) is 108 cm³/mol. The molecule has 0 saturated heterocycles. The van der Waals surface area contributed by atoms with Crippen molar-refractivity contribution in [3.63, 3.8) is 0 Å². The maximum atomic E-state index is 13.2. The topological polar surface area (TPSA) is 83.4 Å². The number of hydrogen-bond acceptors (Lipinski definition) is 3. The summed E-state index contributed by atoms with van der Waals surface area (Å²) in [5, 5.41) is 8.50. The van der Waals surface area contributed by atoms with Gasteiger partial charge >= 0.3 is 6.03 Å². The Kier molecular flexibility index (Phi) is 6.25. The monoisotopic (exact) mass is 401 g/mol. The molecular formula is C22H28FN3O3. The van der Waals surface area contributed by atoms with Crippen molar-refractivity contribution in [2.24, 2.45) is 5.41 Å². The quantitative estimate of drug-likeness (QED) is 0.649. The van der Waals surface area contributed by atoms with Crippen molar-refractivity contribution in [1.29, 1.82) is 0 Å². The molecule has 3 N–H and O–H groups in total. The number of amides is 3. The van der Waals surface area contributed by atoms with Gasteiger partial charge < -0.3 is 20.4 Å². The molecule has 0 saturated carbocycles. The molecule has 1 aromatic carbocycles. The molecule has 1 aliphatic rings. The number of benzene rings is 1. The first-order chi connectivity index (χ1) is 13.7. The number of urea groups is 1. The Hall–Kier alpha value is -2.83. The normalized spacial score (nSPS) is 17.3. The molecule has 2 aromatic rings. The number of hydrogen-bond donors (Lipinski definition) is 3. The van der Waals surface area contributed by atoms with E-state index in [9.17, 15) is 14.0 Å². The zero-order chi connectivity index (χ0) is 21.0. The van der Waals surface area contributed by atoms with Gasteiger partial charge in [-0.3, -0.25) is 4.79 Å². The van der Waals surface area contributed by atoms with E-state index in [1.54, 1.807) is 12.1 Å². The summed E-state index contributed by atoms with van der Waals surface area (Å²) in [7, 11) is 0. The van der Waals surface area contributed by atoms with Crippen molar-refractivity contribution >= 4 is 11.9 Å². The summed E-state index contributed by atoms with van der Waals surface area (Å²) < 4.78 is 18.9. The molecule has 0 bridgehead atoms. The van der Waals surface area contributed by atoms with Crippen LogP contribution >= 0.6 is 0 Å². The molecule has 6 nitrogen and oxygen atoms in total. The Balaban J connectivity index is 1.43. The molecule has 156 valence electrons. The van der Waals surface area contributed by atoms with Gasteiger partial charge in [0.2, 0.25) is 5.91 Å². The maximum absolute atomic E-state index is 13.2. The van der Waals surface area contributed by atoms with Crippen molar-refractivity contribution in [3.05, 3.63) is 58.8 Å². The van der Waals surface area contributed by atoms with Crippen LogP contribution in [0.4, 0.5) is 9.18 Å². The second-order valence-corrected chi connectivity index (χ2v) is 8.39. The number of carbonyl (C=O) groups is 2. The van der Waals surface area contributed by atoms with E-state index in [1.807, 2.05) is 13.0 Å². The van der Waals surface area contributed by atoms with Gasteiger partial charge in [-0.05, 0) is 42.5 Å². The van der Waals surface area contributed by atoms with Crippen LogP contribution in [0.1, 0.15) is 49.0 Å². The highest BCUT2D eigenvalue weighted by Crippen LogP contribution is 2.41. The fraction of sp³-hybridized carbons (Fsp3) is 0.455. The Bertz CT molecular complexity index is 891. The van der Waals surface area contributed by atoms with Gasteiger partial charge in [0.15, 0.2) is 0 Å². The van der Waals surface area contributed by atoms with Crippen LogP contribution in [-0.4, -0.2) is 25.0 Å². The number of fused-ring (bicyclic) bond motifs is 1. The fourth-order valence-electron chi connectivity index (χ4n) is 3.80. The van der Waals surface area contributed by atoms with Crippen LogP contribution in [0, 0.1) is 18.2 Å². The Labute approximate surface area is 170 Å². The summed E-state index contributed by atoms with van der Waals surface area (Å²) in [6, 6.07) is 7.55. The molecule has 1 atom stereocenters. The van der Waals surface area contributed by atoms with Gasteiger partial charge in [0.1, 0.15) is 17.3 Å². The van der Waals surface area contributed by atoms with Gasteiger partial charge in [-0.2, -0.15) is 0 Å². The molecule has 7 heteroatoms. The minimum Gasteiger partial charge on any atom is -0.466 e. The van der Waals surface area contributed by atoms with Gasteiger partial charge in [-0.1, -0.05) is 26.0 Å². The summed E-state index contributed by atoms with van der Waals surface area (Å²) >= 11 is 0. The van der Waals surface area contributed by atoms with E-state index in [2.05, 4.69) is 29.8 Å². The van der Waals surface area contributed by atoms with Crippen molar-refractivity contribution in [2.75, 3.05) is 13.1 Å². The van der Waals surface area contributed by atoms with Crippen LogP contribution in [0.3, 0.4) is 0 Å². The average Bonchev–Trinajstić information content (AvgIpc) is 2.98. The SMILES string of the molecule is Cc1cc2c(o1)CC(C)(C)CC2NC(=O)NCCNC(=O)Cc1cccc(F)c1. The Morgan fingerprint density at radius 2 is 1.97 bits per heavy atom. The maximum Gasteiger partial charge on any atom is 0.315 e. The molecule has 29 heavy (non-hydrogen) atoms. The molecule has 0 spiro atoms. The van der Waals surface area contributed by atoms with Crippen LogP contribution in [0.15, 0.2) is 34.7 Å². The first-order valence-electron chi connectivity index (χ1n) is 9.86. The summed E-state index contributed by atoms with van der Waals surface area (Å²) in [5.74, 6) is 1.20. The van der Waals surface area contributed by atoms with E-state index in [-0.39, 0.29) is 35.6 Å². The standard InChI is InChI=1S/C22H28FN3O3/c1-14-9-17-18(12-22(2,3)13-19(17)29-14)26-21(28)25-8-7-24-20(27)11-15-5-4-6-16(23)10-15/h4-6,9-10,18H,7-8,11-13H2,1-3H3,(H,24,27)(H2,25,26,28). The van der Waals surface area contributed by atoms with E-state index in [0.717, 1.165) is 29.9 Å². The number of rotatable bonds is 6. The lowest BCUT2D eigenvalue weighted by Gasteiger charge is -2.34. The molecular weight excluding hydrogens is 373 g/mol. The minimum atomic E-state index is -0.365. The zero-order valence-electron chi connectivity index (χ0n) is 17.1. The fourth-order valence-corrected chi connectivity index (χ4v) is 3.80. The molecule has 3 rings (SSSR count). The van der Waals surface area contributed by atoms with Crippen molar-refractivity contribution < 1.29 is 18.4 Å². The van der Waals surface area contributed by atoms with Crippen molar-refractivity contribution in [2.45, 2.75) is 46.1 Å². The second kappa shape index (κ2) is 8.68.